The molecule has 11 rings (SSSR count). The van der Waals surface area contributed by atoms with Crippen LogP contribution in [0.4, 0.5) is 0 Å². The molecule has 4 aromatic heterocycles. The van der Waals surface area contributed by atoms with Crippen molar-refractivity contribution in [2.45, 2.75) is 39.0 Å². The molecular formula is C48H36N4. The molecule has 0 fully saturated rings. The van der Waals surface area contributed by atoms with Gasteiger partial charge < -0.3 is 0 Å². The quantitative estimate of drug-likeness (QED) is 0.175. The van der Waals surface area contributed by atoms with Gasteiger partial charge in [-0.15, -0.1) is 0 Å². The molecule has 4 heteroatoms. The van der Waals surface area contributed by atoms with E-state index in [2.05, 4.69) is 169 Å². The van der Waals surface area contributed by atoms with Gasteiger partial charge in [0, 0.05) is 21.5 Å². The van der Waals surface area contributed by atoms with Crippen molar-refractivity contribution in [3.63, 3.8) is 0 Å². The van der Waals surface area contributed by atoms with Crippen molar-refractivity contribution in [2.24, 2.45) is 0 Å². The van der Waals surface area contributed by atoms with Crippen molar-refractivity contribution < 1.29 is 0 Å². The Morgan fingerprint density at radius 1 is 0.462 bits per heavy atom. The average Bonchev–Trinajstić information content (AvgIpc) is 3.77. The fraction of sp³-hybridized carbons (Fsp3) is 0.125. The zero-order chi connectivity index (χ0) is 34.7. The van der Waals surface area contributed by atoms with E-state index in [-0.39, 0.29) is 0 Å². The minimum Gasteiger partial charge on any atom is -0.292 e. The Bertz CT molecular complexity index is 3270. The molecule has 11 aromatic rings. The molecular weight excluding hydrogens is 633 g/mol. The number of pyridine rings is 2. The second kappa shape index (κ2) is 10.9. The summed E-state index contributed by atoms with van der Waals surface area (Å²) < 4.78 is 4.75. The van der Waals surface area contributed by atoms with Crippen molar-refractivity contribution in [3.05, 3.63) is 156 Å². The number of nitrogens with zero attached hydrogens (tertiary/aromatic N) is 4. The number of hydrogen-bond acceptors (Lipinski definition) is 2. The van der Waals surface area contributed by atoms with Gasteiger partial charge in [-0.25, -0.2) is 9.97 Å². The summed E-state index contributed by atoms with van der Waals surface area (Å²) >= 11 is 0. The molecule has 0 bridgehead atoms. The molecule has 1 unspecified atom stereocenters. The van der Waals surface area contributed by atoms with E-state index < -0.39 is 0 Å². The molecule has 52 heavy (non-hydrogen) atoms. The fourth-order valence-electron chi connectivity index (χ4n) is 8.83. The normalized spacial score (nSPS) is 13.1. The number of rotatable bonds is 4. The van der Waals surface area contributed by atoms with E-state index in [0.717, 1.165) is 39.8 Å². The van der Waals surface area contributed by atoms with Crippen LogP contribution in [0.25, 0.3) is 87.5 Å². The number of para-hydroxylation sites is 2. The lowest BCUT2D eigenvalue weighted by atomic mass is 9.91. The first-order valence-electron chi connectivity index (χ1n) is 18.4. The van der Waals surface area contributed by atoms with Crippen LogP contribution in [0.3, 0.4) is 0 Å². The van der Waals surface area contributed by atoms with Crippen molar-refractivity contribution in [1.82, 2.24) is 18.8 Å². The molecule has 0 saturated heterocycles. The number of benzene rings is 7. The Balaban J connectivity index is 1.05. The highest BCUT2D eigenvalue weighted by Gasteiger charge is 2.19. The zero-order valence-corrected chi connectivity index (χ0v) is 29.4. The number of aromatic nitrogens is 4. The molecule has 0 aliphatic carbocycles. The van der Waals surface area contributed by atoms with Gasteiger partial charge in [-0.2, -0.15) is 0 Å². The lowest BCUT2D eigenvalue weighted by molar-refractivity contribution is 0.761. The number of fused-ring (bicyclic) bond motifs is 18. The van der Waals surface area contributed by atoms with Crippen LogP contribution in [0.1, 0.15) is 49.3 Å². The highest BCUT2D eigenvalue weighted by molar-refractivity contribution is 6.23. The van der Waals surface area contributed by atoms with E-state index in [1.807, 2.05) is 0 Å². The van der Waals surface area contributed by atoms with Crippen LogP contribution in [0.2, 0.25) is 0 Å². The molecule has 4 heterocycles. The van der Waals surface area contributed by atoms with Gasteiger partial charge in [0.2, 0.25) is 0 Å². The van der Waals surface area contributed by atoms with Crippen LogP contribution in [0.15, 0.2) is 140 Å². The minimum absolute atomic E-state index is 0.298. The van der Waals surface area contributed by atoms with Crippen LogP contribution >= 0.6 is 0 Å². The third-order valence-electron chi connectivity index (χ3n) is 11.5. The summed E-state index contributed by atoms with van der Waals surface area (Å²) in [6.07, 6.45) is 0.917. The highest BCUT2D eigenvalue weighted by atomic mass is 15.0. The second-order valence-corrected chi connectivity index (χ2v) is 14.9. The van der Waals surface area contributed by atoms with Crippen LogP contribution in [-0.4, -0.2) is 18.8 Å². The van der Waals surface area contributed by atoms with E-state index in [1.165, 1.54) is 70.8 Å². The molecule has 1 atom stereocenters. The van der Waals surface area contributed by atoms with Gasteiger partial charge in [-0.05, 0) is 99.0 Å². The average molecular weight is 669 g/mol. The Morgan fingerprint density at radius 3 is 2.04 bits per heavy atom. The molecule has 0 aliphatic heterocycles. The third kappa shape index (κ3) is 4.15. The predicted molar refractivity (Wildman–Crippen MR) is 219 cm³/mol. The summed E-state index contributed by atoms with van der Waals surface area (Å²) in [6.45, 7) is 6.87. The van der Waals surface area contributed by atoms with Gasteiger partial charge in [0.1, 0.15) is 11.3 Å². The lowest BCUT2D eigenvalue weighted by Crippen LogP contribution is -2.00. The SMILES string of the molecule is CC(C)c1ccc2c(c1)c1ccccc1c1nc3cc(CC(C)c4ccc5c6ccc7ccccc7c6c6nc7ccccc7n6c5c4)ccc3n21. The van der Waals surface area contributed by atoms with Crippen LogP contribution in [-0.2, 0) is 6.42 Å². The molecule has 0 aliphatic rings. The summed E-state index contributed by atoms with van der Waals surface area (Å²) in [5.74, 6) is 0.766. The minimum atomic E-state index is 0.298. The molecule has 7 aromatic carbocycles. The summed E-state index contributed by atoms with van der Waals surface area (Å²) in [6, 6.07) is 51.3. The first-order chi connectivity index (χ1) is 25.5. The van der Waals surface area contributed by atoms with Gasteiger partial charge in [-0.1, -0.05) is 118 Å². The van der Waals surface area contributed by atoms with Gasteiger partial charge in [0.05, 0.1) is 33.1 Å². The molecule has 4 nitrogen and oxygen atoms in total. The maximum absolute atomic E-state index is 5.29. The van der Waals surface area contributed by atoms with E-state index >= 15 is 0 Å². The van der Waals surface area contributed by atoms with Crippen LogP contribution in [0.5, 0.6) is 0 Å². The summed E-state index contributed by atoms with van der Waals surface area (Å²) in [4.78, 5) is 10.5. The Hall–Kier alpha value is -6.26. The summed E-state index contributed by atoms with van der Waals surface area (Å²) in [7, 11) is 0. The molecule has 0 amide bonds. The zero-order valence-electron chi connectivity index (χ0n) is 29.4. The first kappa shape index (κ1) is 29.5. The van der Waals surface area contributed by atoms with E-state index in [9.17, 15) is 0 Å². The van der Waals surface area contributed by atoms with Crippen LogP contribution in [0, 0.1) is 0 Å². The maximum Gasteiger partial charge on any atom is 0.147 e. The van der Waals surface area contributed by atoms with Crippen molar-refractivity contribution in [2.75, 3.05) is 0 Å². The molecule has 248 valence electrons. The van der Waals surface area contributed by atoms with Crippen LogP contribution < -0.4 is 0 Å². The second-order valence-electron chi connectivity index (χ2n) is 14.9. The molecule has 0 radical (unpaired) electrons. The van der Waals surface area contributed by atoms with E-state index in [0.29, 0.717) is 11.8 Å². The van der Waals surface area contributed by atoms with E-state index in [1.54, 1.807) is 0 Å². The molecule has 0 N–H and O–H groups in total. The van der Waals surface area contributed by atoms with Gasteiger partial charge in [0.15, 0.2) is 0 Å². The largest absolute Gasteiger partial charge is 0.292 e. The molecule has 0 saturated carbocycles. The van der Waals surface area contributed by atoms with Gasteiger partial charge in [-0.3, -0.25) is 8.80 Å². The first-order valence-corrected chi connectivity index (χ1v) is 18.4. The fourth-order valence-corrected chi connectivity index (χ4v) is 8.83. The van der Waals surface area contributed by atoms with Gasteiger partial charge >= 0.3 is 0 Å². The summed E-state index contributed by atoms with van der Waals surface area (Å²) in [5, 5.41) is 9.91. The third-order valence-corrected chi connectivity index (χ3v) is 11.5. The monoisotopic (exact) mass is 668 g/mol. The topological polar surface area (TPSA) is 34.6 Å². The number of imidazole rings is 2. The van der Waals surface area contributed by atoms with Crippen molar-refractivity contribution in [3.8, 4) is 0 Å². The molecule has 0 spiro atoms. The van der Waals surface area contributed by atoms with Gasteiger partial charge in [0.25, 0.3) is 0 Å². The highest BCUT2D eigenvalue weighted by Crippen LogP contribution is 2.39. The number of hydrogen-bond donors (Lipinski definition) is 0. The Morgan fingerprint density at radius 2 is 1.15 bits per heavy atom. The van der Waals surface area contributed by atoms with E-state index in [4.69, 9.17) is 9.97 Å². The predicted octanol–water partition coefficient (Wildman–Crippen LogP) is 12.5. The maximum atomic E-state index is 5.29. The van der Waals surface area contributed by atoms with Crippen molar-refractivity contribution >= 4 is 87.5 Å². The Kier molecular flexibility index (Phi) is 6.16. The van der Waals surface area contributed by atoms with Crippen molar-refractivity contribution in [1.29, 1.82) is 0 Å². The Labute approximate surface area is 300 Å². The summed E-state index contributed by atoms with van der Waals surface area (Å²) in [5.41, 5.74) is 12.8. The standard InChI is InChI=1S/C48H36N4/c1-28(2)32-19-23-42-39(26-32)35-12-6-7-13-38(35)47-50-41-25-30(16-22-44(41)51(42)47)24-29(3)33-18-20-36-37-21-17-31-10-4-5-11-34(31)46(37)48-49-40-14-8-9-15-43(40)52(48)45(36)27-33/h4-23,25-29H,24H2,1-3H3. The lowest BCUT2D eigenvalue weighted by Gasteiger charge is -2.16. The smallest absolute Gasteiger partial charge is 0.147 e.